The van der Waals surface area contributed by atoms with Crippen molar-refractivity contribution in [3.8, 4) is 0 Å². The molecule has 23 heavy (non-hydrogen) atoms. The third-order valence-electron chi connectivity index (χ3n) is 4.52. The van der Waals surface area contributed by atoms with E-state index in [0.717, 1.165) is 43.2 Å². The van der Waals surface area contributed by atoms with Gasteiger partial charge in [-0.2, -0.15) is 0 Å². The molecule has 118 valence electrons. The van der Waals surface area contributed by atoms with Crippen molar-refractivity contribution in [2.45, 2.75) is 19.4 Å². The minimum atomic E-state index is 0.803. The SMILES string of the molecule is Clc1ccc2c(c1NCc1cccc3sccc13)CCNCC2. The monoisotopic (exact) mass is 342 g/mol. The van der Waals surface area contributed by atoms with Crippen molar-refractivity contribution in [2.75, 3.05) is 18.4 Å². The van der Waals surface area contributed by atoms with Gasteiger partial charge in [-0.25, -0.2) is 0 Å². The van der Waals surface area contributed by atoms with E-state index in [1.165, 1.54) is 26.8 Å². The maximum Gasteiger partial charge on any atom is 0.0640 e. The Morgan fingerprint density at radius 2 is 2.00 bits per heavy atom. The van der Waals surface area contributed by atoms with Crippen LogP contribution >= 0.6 is 22.9 Å². The standard InChI is InChI=1S/C19H19ClN2S/c20-17-5-4-13-6-9-21-10-7-16(13)19(17)22-12-14-2-1-3-18-15(14)8-11-23-18/h1-5,8,11,21-22H,6-7,9-10,12H2. The Morgan fingerprint density at radius 3 is 2.96 bits per heavy atom. The van der Waals surface area contributed by atoms with Gasteiger partial charge in [-0.1, -0.05) is 29.8 Å². The van der Waals surface area contributed by atoms with E-state index in [-0.39, 0.29) is 0 Å². The first-order valence-corrected chi connectivity index (χ1v) is 9.28. The van der Waals surface area contributed by atoms with Crippen molar-refractivity contribution < 1.29 is 0 Å². The fraction of sp³-hybridized carbons (Fsp3) is 0.263. The zero-order valence-electron chi connectivity index (χ0n) is 12.9. The summed E-state index contributed by atoms with van der Waals surface area (Å²) in [7, 11) is 0. The molecule has 1 aliphatic heterocycles. The first kappa shape index (κ1) is 15.0. The summed E-state index contributed by atoms with van der Waals surface area (Å²) in [6.07, 6.45) is 2.10. The molecule has 0 fully saturated rings. The summed E-state index contributed by atoms with van der Waals surface area (Å²) >= 11 is 8.29. The van der Waals surface area contributed by atoms with Crippen LogP contribution < -0.4 is 10.6 Å². The maximum absolute atomic E-state index is 6.50. The molecule has 0 atom stereocenters. The van der Waals surface area contributed by atoms with Gasteiger partial charge in [-0.05, 0) is 71.6 Å². The second-order valence-corrected chi connectivity index (χ2v) is 7.27. The van der Waals surface area contributed by atoms with Gasteiger partial charge in [-0.15, -0.1) is 11.3 Å². The number of thiophene rings is 1. The minimum absolute atomic E-state index is 0.803. The van der Waals surface area contributed by atoms with Crippen LogP contribution in [0.4, 0.5) is 5.69 Å². The number of rotatable bonds is 3. The average molecular weight is 343 g/mol. The molecule has 0 radical (unpaired) electrons. The average Bonchev–Trinajstić information content (AvgIpc) is 2.92. The van der Waals surface area contributed by atoms with Crippen LogP contribution in [-0.4, -0.2) is 13.1 Å². The minimum Gasteiger partial charge on any atom is -0.380 e. The molecule has 2 aromatic carbocycles. The summed E-state index contributed by atoms with van der Waals surface area (Å²) in [6.45, 7) is 2.86. The Bertz CT molecular complexity index is 841. The van der Waals surface area contributed by atoms with Gasteiger partial charge in [0.05, 0.1) is 10.7 Å². The summed E-state index contributed by atoms with van der Waals surface area (Å²) in [5.74, 6) is 0. The molecule has 2 nitrogen and oxygen atoms in total. The highest BCUT2D eigenvalue weighted by atomic mass is 35.5. The van der Waals surface area contributed by atoms with Gasteiger partial charge in [0.1, 0.15) is 0 Å². The molecule has 0 bridgehead atoms. The predicted octanol–water partition coefficient (Wildman–Crippen LogP) is 4.86. The van der Waals surface area contributed by atoms with E-state index in [2.05, 4.69) is 46.3 Å². The Hall–Kier alpha value is -1.55. The highest BCUT2D eigenvalue weighted by Crippen LogP contribution is 2.32. The third-order valence-corrected chi connectivity index (χ3v) is 5.72. The van der Waals surface area contributed by atoms with E-state index in [0.29, 0.717) is 0 Å². The van der Waals surface area contributed by atoms with E-state index in [1.54, 1.807) is 11.3 Å². The van der Waals surface area contributed by atoms with E-state index < -0.39 is 0 Å². The molecule has 2 heterocycles. The van der Waals surface area contributed by atoms with Crippen molar-refractivity contribution >= 4 is 38.7 Å². The Morgan fingerprint density at radius 1 is 1.09 bits per heavy atom. The molecule has 0 amide bonds. The van der Waals surface area contributed by atoms with Crippen LogP contribution in [0.2, 0.25) is 5.02 Å². The summed E-state index contributed by atoms with van der Waals surface area (Å²) in [5.41, 5.74) is 5.22. The van der Waals surface area contributed by atoms with Gasteiger partial charge < -0.3 is 10.6 Å². The highest BCUT2D eigenvalue weighted by Gasteiger charge is 2.15. The van der Waals surface area contributed by atoms with Gasteiger partial charge >= 0.3 is 0 Å². The van der Waals surface area contributed by atoms with Crippen LogP contribution in [0.1, 0.15) is 16.7 Å². The first-order valence-electron chi connectivity index (χ1n) is 8.03. The van der Waals surface area contributed by atoms with Crippen molar-refractivity contribution in [1.29, 1.82) is 0 Å². The molecule has 1 aliphatic rings. The molecule has 4 rings (SSSR count). The summed E-state index contributed by atoms with van der Waals surface area (Å²) in [5, 5.41) is 11.4. The highest BCUT2D eigenvalue weighted by molar-refractivity contribution is 7.17. The third kappa shape index (κ3) is 2.97. The molecule has 2 N–H and O–H groups in total. The molecule has 0 saturated heterocycles. The largest absolute Gasteiger partial charge is 0.380 e. The molecular formula is C19H19ClN2S. The predicted molar refractivity (Wildman–Crippen MR) is 101 cm³/mol. The Balaban J connectivity index is 1.65. The van der Waals surface area contributed by atoms with E-state index >= 15 is 0 Å². The van der Waals surface area contributed by atoms with Gasteiger partial charge in [0.25, 0.3) is 0 Å². The van der Waals surface area contributed by atoms with Crippen molar-refractivity contribution in [1.82, 2.24) is 5.32 Å². The number of halogens is 1. The fourth-order valence-corrected chi connectivity index (χ4v) is 4.41. The lowest BCUT2D eigenvalue weighted by Crippen LogP contribution is -2.16. The van der Waals surface area contributed by atoms with Crippen LogP contribution in [0.25, 0.3) is 10.1 Å². The number of hydrogen-bond acceptors (Lipinski definition) is 3. The smallest absolute Gasteiger partial charge is 0.0640 e. The molecular weight excluding hydrogens is 324 g/mol. The van der Waals surface area contributed by atoms with E-state index in [9.17, 15) is 0 Å². The molecule has 1 aromatic heterocycles. The van der Waals surface area contributed by atoms with Crippen LogP contribution in [0.15, 0.2) is 41.8 Å². The molecule has 0 aliphatic carbocycles. The van der Waals surface area contributed by atoms with Crippen LogP contribution in [0, 0.1) is 0 Å². The topological polar surface area (TPSA) is 24.1 Å². The lowest BCUT2D eigenvalue weighted by atomic mass is 10.0. The van der Waals surface area contributed by atoms with E-state index in [4.69, 9.17) is 11.6 Å². The molecule has 0 spiro atoms. The number of benzene rings is 2. The van der Waals surface area contributed by atoms with Crippen molar-refractivity contribution in [3.63, 3.8) is 0 Å². The van der Waals surface area contributed by atoms with Gasteiger partial charge in [0, 0.05) is 11.2 Å². The molecule has 0 saturated carbocycles. The maximum atomic E-state index is 6.50. The second kappa shape index (κ2) is 6.52. The Labute approximate surface area is 145 Å². The van der Waals surface area contributed by atoms with Crippen molar-refractivity contribution in [2.24, 2.45) is 0 Å². The van der Waals surface area contributed by atoms with Gasteiger partial charge in [0.15, 0.2) is 0 Å². The van der Waals surface area contributed by atoms with Crippen molar-refractivity contribution in [3.05, 3.63) is 63.5 Å². The van der Waals surface area contributed by atoms with Gasteiger partial charge in [0.2, 0.25) is 0 Å². The zero-order valence-corrected chi connectivity index (χ0v) is 14.4. The van der Waals surface area contributed by atoms with Gasteiger partial charge in [-0.3, -0.25) is 0 Å². The Kier molecular flexibility index (Phi) is 4.25. The summed E-state index contributed by atoms with van der Waals surface area (Å²) < 4.78 is 1.34. The molecule has 0 unspecified atom stereocenters. The number of nitrogens with one attached hydrogen (secondary N) is 2. The first-order chi connectivity index (χ1) is 11.3. The lowest BCUT2D eigenvalue weighted by Gasteiger charge is -2.16. The molecule has 3 aromatic rings. The number of anilines is 1. The lowest BCUT2D eigenvalue weighted by molar-refractivity contribution is 0.711. The summed E-state index contributed by atoms with van der Waals surface area (Å²) in [6, 6.07) is 12.9. The van der Waals surface area contributed by atoms with Crippen LogP contribution in [0.5, 0.6) is 0 Å². The summed E-state index contributed by atoms with van der Waals surface area (Å²) in [4.78, 5) is 0. The van der Waals surface area contributed by atoms with Crippen LogP contribution in [0.3, 0.4) is 0 Å². The number of fused-ring (bicyclic) bond motifs is 2. The fourth-order valence-electron chi connectivity index (χ4n) is 3.33. The normalized spacial score (nSPS) is 14.5. The van der Waals surface area contributed by atoms with E-state index in [1.807, 2.05) is 6.07 Å². The number of hydrogen-bond donors (Lipinski definition) is 2. The second-order valence-electron chi connectivity index (χ2n) is 5.91. The molecule has 4 heteroatoms. The van der Waals surface area contributed by atoms with Crippen LogP contribution in [-0.2, 0) is 19.4 Å². The quantitative estimate of drug-likeness (QED) is 0.710. The zero-order chi connectivity index (χ0) is 15.6.